The molecule has 0 heteroatoms. The fourth-order valence-electron chi connectivity index (χ4n) is 3.69. The van der Waals surface area contributed by atoms with Crippen molar-refractivity contribution >= 4 is 0 Å². The minimum atomic E-state index is 0.918. The van der Waals surface area contributed by atoms with Crippen molar-refractivity contribution in [2.24, 2.45) is 23.2 Å². The van der Waals surface area contributed by atoms with Gasteiger partial charge in [-0.15, -0.1) is 0 Å². The summed E-state index contributed by atoms with van der Waals surface area (Å²) in [4.78, 5) is 0. The van der Waals surface area contributed by atoms with Gasteiger partial charge in [0.1, 0.15) is 0 Å². The van der Waals surface area contributed by atoms with Crippen molar-refractivity contribution in [3.8, 4) is 0 Å². The summed E-state index contributed by atoms with van der Waals surface area (Å²) < 4.78 is 0. The van der Waals surface area contributed by atoms with E-state index in [0.717, 1.165) is 11.3 Å². The molecule has 3 rings (SSSR count). The molecule has 0 amide bonds. The highest BCUT2D eigenvalue weighted by Crippen LogP contribution is 2.70. The maximum atomic E-state index is 2.37. The van der Waals surface area contributed by atoms with Crippen molar-refractivity contribution in [1.29, 1.82) is 0 Å². The Bertz CT molecular complexity index is 192. The first-order valence-electron chi connectivity index (χ1n) is 5.84. The molecule has 0 aliphatic heterocycles. The summed E-state index contributed by atoms with van der Waals surface area (Å²) in [6.07, 6.45) is 11.0. The molecule has 12 heavy (non-hydrogen) atoms. The van der Waals surface area contributed by atoms with E-state index in [-0.39, 0.29) is 0 Å². The molecule has 0 aromatic heterocycles. The average molecular weight is 164 g/mol. The Balaban J connectivity index is 1.64. The zero-order valence-electron chi connectivity index (χ0n) is 8.18. The Kier molecular flexibility index (Phi) is 1.40. The van der Waals surface area contributed by atoms with Gasteiger partial charge in [0.2, 0.25) is 0 Å². The second kappa shape index (κ2) is 2.27. The second-order valence-electron chi connectivity index (χ2n) is 5.53. The SMILES string of the molecule is CCC1CCC2(C1)CC2C1CC1. The monoisotopic (exact) mass is 164 g/mol. The smallest absolute Gasteiger partial charge is 0.0261 e. The van der Waals surface area contributed by atoms with Crippen LogP contribution in [0.15, 0.2) is 0 Å². The van der Waals surface area contributed by atoms with Gasteiger partial charge in [-0.05, 0) is 61.7 Å². The molecule has 3 aliphatic rings. The maximum Gasteiger partial charge on any atom is -0.0261 e. The summed E-state index contributed by atoms with van der Waals surface area (Å²) in [5, 5.41) is 0. The highest BCUT2D eigenvalue weighted by Gasteiger charge is 2.61. The summed E-state index contributed by atoms with van der Waals surface area (Å²) in [6, 6.07) is 0. The molecule has 3 fully saturated rings. The van der Waals surface area contributed by atoms with Crippen molar-refractivity contribution in [2.45, 2.75) is 51.9 Å². The average Bonchev–Trinajstić information content (AvgIpc) is 2.90. The van der Waals surface area contributed by atoms with Crippen LogP contribution in [0.3, 0.4) is 0 Å². The van der Waals surface area contributed by atoms with Crippen LogP contribution in [0.25, 0.3) is 0 Å². The molecule has 3 saturated carbocycles. The third-order valence-corrected chi connectivity index (χ3v) is 4.77. The molecule has 0 aromatic carbocycles. The minimum Gasteiger partial charge on any atom is -0.0651 e. The third-order valence-electron chi connectivity index (χ3n) is 4.77. The molecule has 0 N–H and O–H groups in total. The molecule has 0 aromatic rings. The molecule has 3 aliphatic carbocycles. The fraction of sp³-hybridized carbons (Fsp3) is 1.00. The molecule has 0 radical (unpaired) electrons. The van der Waals surface area contributed by atoms with E-state index in [1.165, 1.54) is 18.3 Å². The van der Waals surface area contributed by atoms with Gasteiger partial charge in [-0.2, -0.15) is 0 Å². The molecular formula is C12H20. The largest absolute Gasteiger partial charge is 0.0651 e. The molecule has 1 spiro atoms. The van der Waals surface area contributed by atoms with Crippen molar-refractivity contribution in [3.63, 3.8) is 0 Å². The number of rotatable bonds is 2. The Hall–Kier alpha value is 0. The van der Waals surface area contributed by atoms with Crippen molar-refractivity contribution in [3.05, 3.63) is 0 Å². The van der Waals surface area contributed by atoms with E-state index < -0.39 is 0 Å². The molecule has 0 heterocycles. The van der Waals surface area contributed by atoms with Crippen LogP contribution in [0.5, 0.6) is 0 Å². The Morgan fingerprint density at radius 3 is 2.58 bits per heavy atom. The van der Waals surface area contributed by atoms with E-state index in [1.807, 2.05) is 0 Å². The Labute approximate surface area is 75.7 Å². The van der Waals surface area contributed by atoms with Gasteiger partial charge < -0.3 is 0 Å². The maximum absolute atomic E-state index is 2.37. The van der Waals surface area contributed by atoms with E-state index >= 15 is 0 Å². The lowest BCUT2D eigenvalue weighted by atomic mass is 9.97. The molecule has 0 nitrogen and oxygen atoms in total. The minimum absolute atomic E-state index is 0.918. The molecule has 68 valence electrons. The Morgan fingerprint density at radius 2 is 2.00 bits per heavy atom. The van der Waals surface area contributed by atoms with Gasteiger partial charge in [-0.25, -0.2) is 0 Å². The number of hydrogen-bond acceptors (Lipinski definition) is 0. The zero-order chi connectivity index (χ0) is 8.18. The van der Waals surface area contributed by atoms with Crippen LogP contribution in [0, 0.1) is 23.2 Å². The first-order valence-corrected chi connectivity index (χ1v) is 5.84. The third kappa shape index (κ3) is 0.963. The van der Waals surface area contributed by atoms with E-state index in [9.17, 15) is 0 Å². The van der Waals surface area contributed by atoms with Gasteiger partial charge in [0.25, 0.3) is 0 Å². The van der Waals surface area contributed by atoms with Crippen molar-refractivity contribution in [2.75, 3.05) is 0 Å². The highest BCUT2D eigenvalue weighted by molar-refractivity contribution is 5.11. The fourth-order valence-corrected chi connectivity index (χ4v) is 3.69. The van der Waals surface area contributed by atoms with Crippen molar-refractivity contribution in [1.82, 2.24) is 0 Å². The topological polar surface area (TPSA) is 0 Å². The summed E-state index contributed by atoms with van der Waals surface area (Å²) in [5.41, 5.74) is 0.918. The molecule has 3 unspecified atom stereocenters. The Morgan fingerprint density at radius 1 is 1.17 bits per heavy atom. The summed E-state index contributed by atoms with van der Waals surface area (Å²) in [6.45, 7) is 2.37. The lowest BCUT2D eigenvalue weighted by Crippen LogP contribution is -1.99. The van der Waals surface area contributed by atoms with Crippen LogP contribution >= 0.6 is 0 Å². The van der Waals surface area contributed by atoms with Crippen LogP contribution in [0.1, 0.15) is 51.9 Å². The normalized spacial score (nSPS) is 51.8. The van der Waals surface area contributed by atoms with Gasteiger partial charge in [-0.3, -0.25) is 0 Å². The lowest BCUT2D eigenvalue weighted by molar-refractivity contribution is 0.414. The standard InChI is InChI=1S/C12H20/c1-2-9-5-6-12(7-9)8-11(12)10-3-4-10/h9-11H,2-8H2,1H3. The van der Waals surface area contributed by atoms with Gasteiger partial charge >= 0.3 is 0 Å². The van der Waals surface area contributed by atoms with Crippen LogP contribution in [0.2, 0.25) is 0 Å². The van der Waals surface area contributed by atoms with Crippen molar-refractivity contribution < 1.29 is 0 Å². The van der Waals surface area contributed by atoms with Gasteiger partial charge in [0.05, 0.1) is 0 Å². The van der Waals surface area contributed by atoms with Crippen LogP contribution < -0.4 is 0 Å². The first-order chi connectivity index (χ1) is 5.84. The number of hydrogen-bond donors (Lipinski definition) is 0. The molecule has 0 saturated heterocycles. The molecule has 3 atom stereocenters. The first kappa shape index (κ1) is 7.41. The molecule has 0 bridgehead atoms. The van der Waals surface area contributed by atoms with Crippen LogP contribution in [-0.2, 0) is 0 Å². The van der Waals surface area contributed by atoms with Crippen LogP contribution in [0.4, 0.5) is 0 Å². The van der Waals surface area contributed by atoms with Crippen LogP contribution in [-0.4, -0.2) is 0 Å². The highest BCUT2D eigenvalue weighted by atomic mass is 14.7. The lowest BCUT2D eigenvalue weighted by Gasteiger charge is -2.08. The van der Waals surface area contributed by atoms with Gasteiger partial charge in [0, 0.05) is 0 Å². The summed E-state index contributed by atoms with van der Waals surface area (Å²) in [7, 11) is 0. The quantitative estimate of drug-likeness (QED) is 0.585. The zero-order valence-corrected chi connectivity index (χ0v) is 8.18. The van der Waals surface area contributed by atoms with E-state index in [0.29, 0.717) is 0 Å². The van der Waals surface area contributed by atoms with E-state index in [4.69, 9.17) is 0 Å². The summed E-state index contributed by atoms with van der Waals surface area (Å²) in [5.74, 6) is 3.50. The molecular weight excluding hydrogens is 144 g/mol. The predicted molar refractivity (Wildman–Crippen MR) is 50.9 cm³/mol. The summed E-state index contributed by atoms with van der Waals surface area (Å²) >= 11 is 0. The second-order valence-corrected chi connectivity index (χ2v) is 5.53. The predicted octanol–water partition coefficient (Wildman–Crippen LogP) is 3.61. The van der Waals surface area contributed by atoms with Gasteiger partial charge in [0.15, 0.2) is 0 Å². The van der Waals surface area contributed by atoms with Gasteiger partial charge in [-0.1, -0.05) is 13.3 Å². The van der Waals surface area contributed by atoms with E-state index in [2.05, 4.69) is 6.92 Å². The van der Waals surface area contributed by atoms with E-state index in [1.54, 1.807) is 38.5 Å².